The molecule has 3 aromatic heterocycles. The summed E-state index contributed by atoms with van der Waals surface area (Å²) in [5.74, 6) is -0.989. The number of amides is 2. The average molecular weight is 440 g/mol. The van der Waals surface area contributed by atoms with E-state index < -0.39 is 23.9 Å². The highest BCUT2D eigenvalue weighted by atomic mass is 35.5. The topological polar surface area (TPSA) is 120 Å². The number of nitrogens with zero attached hydrogens (tertiary/aromatic N) is 3. The Labute approximate surface area is 178 Å². The lowest BCUT2D eigenvalue weighted by atomic mass is 10.1. The number of anilines is 1. The molecule has 0 aliphatic rings. The van der Waals surface area contributed by atoms with E-state index in [1.54, 1.807) is 48.7 Å². The van der Waals surface area contributed by atoms with Crippen molar-refractivity contribution in [3.63, 3.8) is 0 Å². The van der Waals surface area contributed by atoms with Gasteiger partial charge in [0.2, 0.25) is 5.91 Å². The van der Waals surface area contributed by atoms with Crippen LogP contribution in [0.2, 0.25) is 4.34 Å². The van der Waals surface area contributed by atoms with Crippen molar-refractivity contribution in [2.75, 3.05) is 5.32 Å². The molecule has 10 heteroatoms. The molecule has 0 saturated heterocycles. The van der Waals surface area contributed by atoms with E-state index in [9.17, 15) is 14.4 Å². The van der Waals surface area contributed by atoms with Crippen molar-refractivity contribution in [3.05, 3.63) is 75.1 Å². The van der Waals surface area contributed by atoms with Gasteiger partial charge in [0.1, 0.15) is 12.4 Å². The number of rotatable bonds is 5. The molecule has 3 heterocycles. The molecule has 0 spiro atoms. The predicted molar refractivity (Wildman–Crippen MR) is 116 cm³/mol. The van der Waals surface area contributed by atoms with Crippen molar-refractivity contribution >= 4 is 51.3 Å². The molecule has 0 atom stereocenters. The molecular weight excluding hydrogens is 426 g/mol. The van der Waals surface area contributed by atoms with Gasteiger partial charge >= 0.3 is 0 Å². The van der Waals surface area contributed by atoms with E-state index in [4.69, 9.17) is 17.3 Å². The number of halogens is 1. The van der Waals surface area contributed by atoms with Gasteiger partial charge in [-0.25, -0.2) is 9.67 Å². The van der Waals surface area contributed by atoms with Gasteiger partial charge in [0.25, 0.3) is 11.5 Å². The van der Waals surface area contributed by atoms with E-state index in [0.29, 0.717) is 15.5 Å². The molecule has 0 fully saturated rings. The van der Waals surface area contributed by atoms with Crippen molar-refractivity contribution in [2.45, 2.75) is 6.54 Å². The molecule has 0 bridgehead atoms. The highest BCUT2D eigenvalue weighted by Gasteiger charge is 2.16. The summed E-state index contributed by atoms with van der Waals surface area (Å²) in [6, 6.07) is 13.6. The SMILES string of the molecule is NC(=O)c1nn(CC(=O)Nc2ccc(-c3ccc(Cl)s3)cn2)c(=O)c2ccccc12. The Balaban J connectivity index is 1.55. The second kappa shape index (κ2) is 8.05. The van der Waals surface area contributed by atoms with E-state index in [0.717, 1.165) is 15.1 Å². The number of nitrogens with two attached hydrogens (primary N) is 1. The average Bonchev–Trinajstić information content (AvgIpc) is 3.17. The summed E-state index contributed by atoms with van der Waals surface area (Å²) in [7, 11) is 0. The van der Waals surface area contributed by atoms with Crippen LogP contribution in [0.15, 0.2) is 59.5 Å². The molecule has 8 nitrogen and oxygen atoms in total. The van der Waals surface area contributed by atoms with Crippen LogP contribution in [0.4, 0.5) is 5.82 Å². The number of carbonyl (C=O) groups excluding carboxylic acids is 2. The number of nitrogens with one attached hydrogen (secondary N) is 1. The Morgan fingerprint density at radius 3 is 2.50 bits per heavy atom. The minimum Gasteiger partial charge on any atom is -0.364 e. The number of carbonyl (C=O) groups is 2. The van der Waals surface area contributed by atoms with E-state index in [1.807, 2.05) is 6.07 Å². The molecule has 0 unspecified atom stereocenters. The van der Waals surface area contributed by atoms with Gasteiger partial charge in [-0.05, 0) is 30.3 Å². The molecule has 150 valence electrons. The lowest BCUT2D eigenvalue weighted by Crippen LogP contribution is -2.32. The largest absolute Gasteiger partial charge is 0.364 e. The first-order valence-electron chi connectivity index (χ1n) is 8.73. The summed E-state index contributed by atoms with van der Waals surface area (Å²) in [5.41, 5.74) is 5.68. The molecule has 0 aliphatic heterocycles. The molecule has 4 aromatic rings. The molecule has 1 aromatic carbocycles. The van der Waals surface area contributed by atoms with Crippen molar-refractivity contribution in [1.82, 2.24) is 14.8 Å². The maximum atomic E-state index is 12.6. The molecule has 30 heavy (non-hydrogen) atoms. The predicted octanol–water partition coefficient (Wildman–Crippen LogP) is 2.91. The Kier molecular flexibility index (Phi) is 5.30. The van der Waals surface area contributed by atoms with Crippen LogP contribution in [0.5, 0.6) is 0 Å². The first-order chi connectivity index (χ1) is 14.4. The molecule has 3 N–H and O–H groups in total. The maximum Gasteiger partial charge on any atom is 0.275 e. The van der Waals surface area contributed by atoms with E-state index >= 15 is 0 Å². The third-order valence-corrected chi connectivity index (χ3v) is 5.56. The number of primary amides is 1. The number of aromatic nitrogens is 3. The van der Waals surface area contributed by atoms with E-state index in [1.165, 1.54) is 11.3 Å². The van der Waals surface area contributed by atoms with Crippen molar-refractivity contribution in [3.8, 4) is 10.4 Å². The third kappa shape index (κ3) is 3.93. The van der Waals surface area contributed by atoms with Gasteiger partial charge in [0, 0.05) is 22.0 Å². The van der Waals surface area contributed by atoms with Crippen LogP contribution in [0.1, 0.15) is 10.5 Å². The zero-order chi connectivity index (χ0) is 21.3. The Morgan fingerprint density at radius 2 is 1.87 bits per heavy atom. The van der Waals surface area contributed by atoms with Crippen LogP contribution in [-0.4, -0.2) is 26.6 Å². The summed E-state index contributed by atoms with van der Waals surface area (Å²) >= 11 is 7.37. The first-order valence-corrected chi connectivity index (χ1v) is 9.93. The third-order valence-electron chi connectivity index (χ3n) is 4.28. The Morgan fingerprint density at radius 1 is 1.10 bits per heavy atom. The van der Waals surface area contributed by atoms with Crippen molar-refractivity contribution < 1.29 is 9.59 Å². The van der Waals surface area contributed by atoms with Crippen LogP contribution in [0.3, 0.4) is 0 Å². The van der Waals surface area contributed by atoms with Crippen LogP contribution >= 0.6 is 22.9 Å². The fraction of sp³-hybridized carbons (Fsp3) is 0.0500. The molecule has 0 saturated carbocycles. The lowest BCUT2D eigenvalue weighted by molar-refractivity contribution is -0.117. The monoisotopic (exact) mass is 439 g/mol. The summed E-state index contributed by atoms with van der Waals surface area (Å²) in [6.07, 6.45) is 1.61. The van der Waals surface area contributed by atoms with E-state index in [2.05, 4.69) is 15.4 Å². The van der Waals surface area contributed by atoms with Crippen LogP contribution in [0, 0.1) is 0 Å². The minimum atomic E-state index is -0.786. The molecule has 0 radical (unpaired) electrons. The summed E-state index contributed by atoms with van der Waals surface area (Å²) in [4.78, 5) is 42.0. The van der Waals surface area contributed by atoms with E-state index in [-0.39, 0.29) is 11.1 Å². The summed E-state index contributed by atoms with van der Waals surface area (Å²) < 4.78 is 1.59. The zero-order valence-electron chi connectivity index (χ0n) is 15.3. The summed E-state index contributed by atoms with van der Waals surface area (Å²) in [5, 5.41) is 7.19. The number of hydrogen-bond acceptors (Lipinski definition) is 6. The number of benzene rings is 1. The zero-order valence-corrected chi connectivity index (χ0v) is 16.9. The van der Waals surface area contributed by atoms with Gasteiger partial charge < -0.3 is 11.1 Å². The standard InChI is InChI=1S/C20H14ClN5O3S/c21-15-7-6-14(30-15)11-5-8-16(23-9-11)24-17(27)10-26-20(29)13-4-2-1-3-12(13)18(25-26)19(22)28/h1-9H,10H2,(H2,22,28)(H,23,24,27). The summed E-state index contributed by atoms with van der Waals surface area (Å²) in [6.45, 7) is -0.395. The number of pyridine rings is 1. The quantitative estimate of drug-likeness (QED) is 0.495. The number of thiophene rings is 1. The highest BCUT2D eigenvalue weighted by Crippen LogP contribution is 2.30. The molecule has 0 aliphatic carbocycles. The van der Waals surface area contributed by atoms with Crippen molar-refractivity contribution in [1.29, 1.82) is 0 Å². The maximum absolute atomic E-state index is 12.6. The highest BCUT2D eigenvalue weighted by molar-refractivity contribution is 7.19. The molecule has 2 amide bonds. The Hall–Kier alpha value is -3.56. The van der Waals surface area contributed by atoms with Gasteiger partial charge in [-0.1, -0.05) is 29.8 Å². The van der Waals surface area contributed by atoms with Gasteiger partial charge in [-0.15, -0.1) is 11.3 Å². The van der Waals surface area contributed by atoms with Gasteiger partial charge in [0.15, 0.2) is 5.69 Å². The smallest absolute Gasteiger partial charge is 0.275 e. The second-order valence-corrected chi connectivity index (χ2v) is 8.02. The normalized spacial score (nSPS) is 10.8. The fourth-order valence-electron chi connectivity index (χ4n) is 2.93. The van der Waals surface area contributed by atoms with Gasteiger partial charge in [-0.2, -0.15) is 5.10 Å². The van der Waals surface area contributed by atoms with Gasteiger partial charge in [-0.3, -0.25) is 14.4 Å². The number of hydrogen-bond donors (Lipinski definition) is 2. The van der Waals surface area contributed by atoms with Crippen LogP contribution in [-0.2, 0) is 11.3 Å². The number of fused-ring (bicyclic) bond motifs is 1. The van der Waals surface area contributed by atoms with Crippen LogP contribution < -0.4 is 16.6 Å². The van der Waals surface area contributed by atoms with Gasteiger partial charge in [0.05, 0.1) is 9.72 Å². The second-order valence-electron chi connectivity index (χ2n) is 6.31. The fourth-order valence-corrected chi connectivity index (χ4v) is 3.96. The first kappa shape index (κ1) is 19.7. The van der Waals surface area contributed by atoms with Crippen LogP contribution in [0.25, 0.3) is 21.2 Å². The molecular formula is C20H14ClN5O3S. The Bertz CT molecular complexity index is 1330. The lowest BCUT2D eigenvalue weighted by Gasteiger charge is -2.09. The minimum absolute atomic E-state index is 0.0740. The molecule has 4 rings (SSSR count). The van der Waals surface area contributed by atoms with Crippen molar-refractivity contribution in [2.24, 2.45) is 5.73 Å².